The van der Waals surface area contributed by atoms with Gasteiger partial charge < -0.3 is 0 Å². The zero-order chi connectivity index (χ0) is 11.4. The lowest BCUT2D eigenvalue weighted by Crippen LogP contribution is -2.09. The summed E-state index contributed by atoms with van der Waals surface area (Å²) in [6.45, 7) is 5.19. The van der Waals surface area contributed by atoms with Crippen molar-refractivity contribution in [1.29, 1.82) is 0 Å². The molecule has 0 atom stereocenters. The third kappa shape index (κ3) is 2.97. The van der Waals surface area contributed by atoms with Gasteiger partial charge in [0.15, 0.2) is 5.82 Å². The Morgan fingerprint density at radius 3 is 2.07 bits per heavy atom. The summed E-state index contributed by atoms with van der Waals surface area (Å²) in [6.07, 6.45) is -3.71. The second-order valence-electron chi connectivity index (χ2n) is 2.26. The van der Waals surface area contributed by atoms with E-state index in [4.69, 9.17) is 0 Å². The van der Waals surface area contributed by atoms with Crippen LogP contribution in [0.4, 0.5) is 17.6 Å². The van der Waals surface area contributed by atoms with E-state index in [2.05, 4.69) is 4.98 Å². The van der Waals surface area contributed by atoms with E-state index in [1.54, 1.807) is 0 Å². The summed E-state index contributed by atoms with van der Waals surface area (Å²) in [7, 11) is 0. The number of nitrogens with zero attached hydrogens (tertiary/aromatic N) is 1. The van der Waals surface area contributed by atoms with Gasteiger partial charge in [0.05, 0.1) is 11.3 Å². The molecule has 0 spiro atoms. The highest BCUT2D eigenvalue weighted by molar-refractivity contribution is 5.21. The van der Waals surface area contributed by atoms with Crippen LogP contribution in [-0.2, 0) is 6.18 Å². The summed E-state index contributed by atoms with van der Waals surface area (Å²) in [4.78, 5) is 3.38. The molecule has 0 N–H and O–H groups in total. The second kappa shape index (κ2) is 4.93. The van der Waals surface area contributed by atoms with E-state index in [1.807, 2.05) is 13.8 Å². The Hall–Kier alpha value is -1.13. The van der Waals surface area contributed by atoms with Crippen molar-refractivity contribution in [3.8, 4) is 0 Å². The van der Waals surface area contributed by atoms with Gasteiger partial charge in [-0.15, -0.1) is 0 Å². The predicted molar refractivity (Wildman–Crippen MR) is 45.3 cm³/mol. The van der Waals surface area contributed by atoms with E-state index in [9.17, 15) is 17.6 Å². The van der Waals surface area contributed by atoms with Gasteiger partial charge in [-0.25, -0.2) is 4.39 Å². The van der Waals surface area contributed by atoms with Crippen molar-refractivity contribution in [2.24, 2.45) is 0 Å². The van der Waals surface area contributed by atoms with Crippen LogP contribution in [0.2, 0.25) is 0 Å². The van der Waals surface area contributed by atoms with Crippen LogP contribution in [0.3, 0.4) is 0 Å². The molecule has 1 nitrogen and oxygen atoms in total. The lowest BCUT2D eigenvalue weighted by atomic mass is 10.2. The molecular formula is C9H11F4N. The fraction of sp³-hybridized carbons (Fsp3) is 0.444. The monoisotopic (exact) mass is 209 g/mol. The van der Waals surface area contributed by atoms with Crippen LogP contribution in [0.1, 0.15) is 25.1 Å². The lowest BCUT2D eigenvalue weighted by Gasteiger charge is -2.07. The average molecular weight is 209 g/mol. The molecule has 5 heteroatoms. The number of hydrogen-bond donors (Lipinski definition) is 0. The van der Waals surface area contributed by atoms with Gasteiger partial charge in [-0.3, -0.25) is 4.98 Å². The molecule has 0 aliphatic heterocycles. The maximum atomic E-state index is 12.7. The second-order valence-corrected chi connectivity index (χ2v) is 2.26. The summed E-state index contributed by atoms with van der Waals surface area (Å²) in [5, 5.41) is 0. The largest absolute Gasteiger partial charge is 0.419 e. The summed E-state index contributed by atoms with van der Waals surface area (Å²) in [5.41, 5.74) is -1.51. The van der Waals surface area contributed by atoms with Crippen LogP contribution in [0.25, 0.3) is 0 Å². The van der Waals surface area contributed by atoms with E-state index in [0.717, 1.165) is 6.20 Å². The molecule has 80 valence electrons. The van der Waals surface area contributed by atoms with Gasteiger partial charge in [-0.1, -0.05) is 13.8 Å². The summed E-state index contributed by atoms with van der Waals surface area (Å²) in [6, 6.07) is 0.613. The Balaban J connectivity index is 0.000000791. The third-order valence-electron chi connectivity index (χ3n) is 1.37. The van der Waals surface area contributed by atoms with Gasteiger partial charge in [0.1, 0.15) is 0 Å². The standard InChI is InChI=1S/C7H5F4N.C2H6/c1-4-6(8)5(2-3-12-4)7(9,10)11;1-2/h2-3H,1H3;1-2H3. The molecule has 0 aliphatic rings. The topological polar surface area (TPSA) is 12.9 Å². The number of hydrogen-bond acceptors (Lipinski definition) is 1. The molecule has 0 saturated heterocycles. The highest BCUT2D eigenvalue weighted by Crippen LogP contribution is 2.31. The molecule has 0 unspecified atom stereocenters. The molecule has 1 aromatic heterocycles. The highest BCUT2D eigenvalue weighted by atomic mass is 19.4. The average Bonchev–Trinajstić information content (AvgIpc) is 2.11. The number of rotatable bonds is 0. The minimum atomic E-state index is -4.64. The molecule has 0 bridgehead atoms. The Morgan fingerprint density at radius 1 is 1.21 bits per heavy atom. The Bertz CT molecular complexity index is 293. The first kappa shape index (κ1) is 12.9. The summed E-state index contributed by atoms with van der Waals surface area (Å²) in [5.74, 6) is -1.30. The Morgan fingerprint density at radius 2 is 1.71 bits per heavy atom. The van der Waals surface area contributed by atoms with Crippen molar-refractivity contribution in [3.63, 3.8) is 0 Å². The van der Waals surface area contributed by atoms with Crippen LogP contribution >= 0.6 is 0 Å². The van der Waals surface area contributed by atoms with Crippen molar-refractivity contribution < 1.29 is 17.6 Å². The molecule has 1 rings (SSSR count). The van der Waals surface area contributed by atoms with Gasteiger partial charge in [0.25, 0.3) is 0 Å². The maximum Gasteiger partial charge on any atom is 0.419 e. The predicted octanol–water partition coefficient (Wildman–Crippen LogP) is 3.57. The quantitative estimate of drug-likeness (QED) is 0.595. The molecule has 0 radical (unpaired) electrons. The van der Waals surface area contributed by atoms with Crippen molar-refractivity contribution in [3.05, 3.63) is 29.3 Å². The molecule has 0 amide bonds. The van der Waals surface area contributed by atoms with Gasteiger partial charge in [0.2, 0.25) is 0 Å². The number of alkyl halides is 3. The summed E-state index contributed by atoms with van der Waals surface area (Å²) < 4.78 is 48.6. The zero-order valence-corrected chi connectivity index (χ0v) is 8.11. The van der Waals surface area contributed by atoms with Crippen LogP contribution < -0.4 is 0 Å². The van der Waals surface area contributed by atoms with Crippen molar-refractivity contribution >= 4 is 0 Å². The highest BCUT2D eigenvalue weighted by Gasteiger charge is 2.34. The van der Waals surface area contributed by atoms with Crippen LogP contribution in [0.15, 0.2) is 12.3 Å². The first-order valence-electron chi connectivity index (χ1n) is 4.11. The lowest BCUT2D eigenvalue weighted by molar-refractivity contribution is -0.140. The maximum absolute atomic E-state index is 12.7. The van der Waals surface area contributed by atoms with Crippen molar-refractivity contribution in [1.82, 2.24) is 4.98 Å². The number of aromatic nitrogens is 1. The first-order chi connectivity index (χ1) is 6.43. The molecule has 1 aromatic rings. The van der Waals surface area contributed by atoms with E-state index < -0.39 is 17.6 Å². The zero-order valence-electron chi connectivity index (χ0n) is 8.11. The van der Waals surface area contributed by atoms with E-state index in [0.29, 0.717) is 6.07 Å². The molecule has 1 heterocycles. The fourth-order valence-electron chi connectivity index (χ4n) is 0.767. The van der Waals surface area contributed by atoms with E-state index in [1.165, 1.54) is 6.92 Å². The van der Waals surface area contributed by atoms with Crippen LogP contribution in [-0.4, -0.2) is 4.98 Å². The molecule has 0 aromatic carbocycles. The molecule has 0 saturated carbocycles. The Kier molecular flexibility index (Phi) is 4.53. The van der Waals surface area contributed by atoms with Crippen molar-refractivity contribution in [2.75, 3.05) is 0 Å². The van der Waals surface area contributed by atoms with Gasteiger partial charge in [-0.2, -0.15) is 13.2 Å². The number of halogens is 4. The van der Waals surface area contributed by atoms with E-state index in [-0.39, 0.29) is 5.69 Å². The summed E-state index contributed by atoms with van der Waals surface area (Å²) >= 11 is 0. The SMILES string of the molecule is CC.Cc1nccc(C(F)(F)F)c1F. The first-order valence-corrected chi connectivity index (χ1v) is 4.11. The van der Waals surface area contributed by atoms with Crippen LogP contribution in [0.5, 0.6) is 0 Å². The minimum Gasteiger partial charge on any atom is -0.259 e. The normalized spacial score (nSPS) is 10.5. The van der Waals surface area contributed by atoms with Crippen molar-refractivity contribution in [2.45, 2.75) is 26.9 Å². The Labute approximate surface area is 79.8 Å². The van der Waals surface area contributed by atoms with Crippen LogP contribution in [0, 0.1) is 12.7 Å². The minimum absolute atomic E-state index is 0.246. The smallest absolute Gasteiger partial charge is 0.259 e. The fourth-order valence-corrected chi connectivity index (χ4v) is 0.767. The van der Waals surface area contributed by atoms with Gasteiger partial charge >= 0.3 is 6.18 Å². The van der Waals surface area contributed by atoms with Gasteiger partial charge in [-0.05, 0) is 13.0 Å². The molecule has 0 fully saturated rings. The molecule has 0 aliphatic carbocycles. The molecular weight excluding hydrogens is 198 g/mol. The van der Waals surface area contributed by atoms with Gasteiger partial charge in [0, 0.05) is 6.20 Å². The third-order valence-corrected chi connectivity index (χ3v) is 1.37. The number of pyridine rings is 1. The van der Waals surface area contributed by atoms with E-state index >= 15 is 0 Å². The number of aryl methyl sites for hydroxylation is 1. The molecule has 14 heavy (non-hydrogen) atoms.